The number of hydrogen-bond acceptors (Lipinski definition) is 5. The fourth-order valence-corrected chi connectivity index (χ4v) is 6.01. The molecule has 2 heterocycles. The number of rotatable bonds is 6. The van der Waals surface area contributed by atoms with E-state index >= 15 is 0 Å². The summed E-state index contributed by atoms with van der Waals surface area (Å²) < 4.78 is 33.9. The Morgan fingerprint density at radius 1 is 1.25 bits per heavy atom. The van der Waals surface area contributed by atoms with Crippen LogP contribution >= 0.6 is 0 Å². The van der Waals surface area contributed by atoms with Crippen LogP contribution in [0.3, 0.4) is 0 Å². The molecule has 0 saturated carbocycles. The molecule has 2 aromatic carbocycles. The number of benzene rings is 2. The van der Waals surface area contributed by atoms with Gasteiger partial charge in [-0.05, 0) is 50.3 Å². The third-order valence-electron chi connectivity index (χ3n) is 5.86. The van der Waals surface area contributed by atoms with Crippen LogP contribution in [0, 0.1) is 6.92 Å². The van der Waals surface area contributed by atoms with Crippen LogP contribution in [0.4, 0.5) is 5.69 Å². The Labute approximate surface area is 188 Å². The monoisotopic (exact) mass is 457 g/mol. The fourth-order valence-electron chi connectivity index (χ4n) is 4.13. The van der Waals surface area contributed by atoms with Gasteiger partial charge in [0.05, 0.1) is 10.6 Å². The van der Waals surface area contributed by atoms with E-state index in [4.69, 9.17) is 4.74 Å². The predicted octanol–water partition coefficient (Wildman–Crippen LogP) is 2.23. The molecular formula is C23H27N3O5S. The van der Waals surface area contributed by atoms with Gasteiger partial charge in [0, 0.05) is 19.2 Å². The van der Waals surface area contributed by atoms with Crippen molar-refractivity contribution in [2.75, 3.05) is 18.4 Å². The number of fused-ring (bicyclic) bond motifs is 1. The molecule has 4 rings (SSSR count). The molecule has 0 aliphatic carbocycles. The number of hydrogen-bond donors (Lipinski definition) is 2. The number of aryl methyl sites for hydroxylation is 1. The van der Waals surface area contributed by atoms with Crippen molar-refractivity contribution in [1.29, 1.82) is 0 Å². The molecular weight excluding hydrogens is 430 g/mol. The highest BCUT2D eigenvalue weighted by Crippen LogP contribution is 2.36. The molecule has 0 spiro atoms. The van der Waals surface area contributed by atoms with Gasteiger partial charge in [-0.3, -0.25) is 9.59 Å². The van der Waals surface area contributed by atoms with Crippen LogP contribution in [0.2, 0.25) is 0 Å². The van der Waals surface area contributed by atoms with E-state index in [1.165, 1.54) is 10.4 Å². The lowest BCUT2D eigenvalue weighted by atomic mass is 10.1. The summed E-state index contributed by atoms with van der Waals surface area (Å²) in [5.74, 6) is -0.252. The van der Waals surface area contributed by atoms with E-state index in [2.05, 4.69) is 10.6 Å². The number of amides is 2. The molecule has 2 aliphatic rings. The number of nitrogens with one attached hydrogen (secondary N) is 2. The van der Waals surface area contributed by atoms with Gasteiger partial charge in [-0.1, -0.05) is 30.3 Å². The minimum absolute atomic E-state index is 0.0867. The average Bonchev–Trinajstić information content (AvgIpc) is 3.26. The molecule has 0 unspecified atom stereocenters. The predicted molar refractivity (Wildman–Crippen MR) is 120 cm³/mol. The van der Waals surface area contributed by atoms with E-state index in [0.717, 1.165) is 5.56 Å². The van der Waals surface area contributed by atoms with Crippen LogP contribution in [-0.4, -0.2) is 49.8 Å². The topological polar surface area (TPSA) is 105 Å². The van der Waals surface area contributed by atoms with Crippen LogP contribution in [0.25, 0.3) is 0 Å². The summed E-state index contributed by atoms with van der Waals surface area (Å²) in [7, 11) is -3.93. The molecule has 32 heavy (non-hydrogen) atoms. The maximum atomic E-state index is 13.5. The Balaban J connectivity index is 1.51. The van der Waals surface area contributed by atoms with Gasteiger partial charge in [0.15, 0.2) is 6.10 Å². The molecule has 1 fully saturated rings. The lowest BCUT2D eigenvalue weighted by Gasteiger charge is -2.27. The van der Waals surface area contributed by atoms with E-state index in [9.17, 15) is 18.0 Å². The van der Waals surface area contributed by atoms with Gasteiger partial charge in [0.25, 0.3) is 5.91 Å². The van der Waals surface area contributed by atoms with Crippen molar-refractivity contribution in [3.05, 3.63) is 53.6 Å². The molecule has 0 bridgehead atoms. The number of sulfonamides is 1. The first-order valence-electron chi connectivity index (χ1n) is 10.7. The van der Waals surface area contributed by atoms with E-state index in [1.807, 2.05) is 30.3 Å². The van der Waals surface area contributed by atoms with Gasteiger partial charge in [-0.2, -0.15) is 4.31 Å². The summed E-state index contributed by atoms with van der Waals surface area (Å²) in [4.78, 5) is 24.8. The lowest BCUT2D eigenvalue weighted by Crippen LogP contribution is -2.46. The summed E-state index contributed by atoms with van der Waals surface area (Å²) in [5.41, 5.74) is 2.04. The minimum atomic E-state index is -3.93. The molecule has 170 valence electrons. The van der Waals surface area contributed by atoms with Crippen molar-refractivity contribution < 1.29 is 22.7 Å². The van der Waals surface area contributed by atoms with Crippen LogP contribution in [0.15, 0.2) is 47.4 Å². The van der Waals surface area contributed by atoms with Crippen molar-refractivity contribution in [3.63, 3.8) is 0 Å². The summed E-state index contributed by atoms with van der Waals surface area (Å²) in [6, 6.07) is 12.1. The van der Waals surface area contributed by atoms with Gasteiger partial charge in [0.1, 0.15) is 11.8 Å². The first-order chi connectivity index (χ1) is 15.3. The Bertz CT molecular complexity index is 1130. The van der Waals surface area contributed by atoms with Gasteiger partial charge < -0.3 is 15.4 Å². The highest BCUT2D eigenvalue weighted by atomic mass is 32.2. The lowest BCUT2D eigenvalue weighted by molar-refractivity contribution is -0.124. The van der Waals surface area contributed by atoms with E-state index in [0.29, 0.717) is 42.8 Å². The number of carbonyl (C=O) groups excluding carboxylic acids is 2. The van der Waals surface area contributed by atoms with Crippen LogP contribution in [0.1, 0.15) is 30.9 Å². The fraction of sp³-hybridized carbons (Fsp3) is 0.391. The maximum absolute atomic E-state index is 13.5. The van der Waals surface area contributed by atoms with Crippen molar-refractivity contribution in [1.82, 2.24) is 9.62 Å². The molecule has 0 aromatic heterocycles. The largest absolute Gasteiger partial charge is 0.479 e. The second-order valence-corrected chi connectivity index (χ2v) is 10.0. The highest BCUT2D eigenvalue weighted by Gasteiger charge is 2.40. The number of ether oxygens (including phenoxy) is 1. The summed E-state index contributed by atoms with van der Waals surface area (Å²) in [6.07, 6.45) is 1.06. The van der Waals surface area contributed by atoms with Crippen molar-refractivity contribution in [2.24, 2.45) is 0 Å². The molecule has 0 radical (unpaired) electrons. The molecule has 8 nitrogen and oxygen atoms in total. The number of carbonyl (C=O) groups is 2. The Kier molecular flexibility index (Phi) is 6.21. The Hall–Kier alpha value is -2.91. The second kappa shape index (κ2) is 8.91. The van der Waals surface area contributed by atoms with Gasteiger partial charge in [0.2, 0.25) is 15.9 Å². The molecule has 2 aromatic rings. The molecule has 2 N–H and O–H groups in total. The Morgan fingerprint density at radius 3 is 2.75 bits per heavy atom. The zero-order valence-corrected chi connectivity index (χ0v) is 18.9. The third kappa shape index (κ3) is 4.35. The van der Waals surface area contributed by atoms with Crippen LogP contribution in [0.5, 0.6) is 5.75 Å². The quantitative estimate of drug-likeness (QED) is 0.692. The van der Waals surface area contributed by atoms with E-state index < -0.39 is 22.2 Å². The normalized spacial score (nSPS) is 20.9. The van der Waals surface area contributed by atoms with Crippen LogP contribution < -0.4 is 15.4 Å². The van der Waals surface area contributed by atoms with Crippen molar-refractivity contribution >= 4 is 27.5 Å². The van der Waals surface area contributed by atoms with Gasteiger partial charge in [-0.15, -0.1) is 0 Å². The first-order valence-corrected chi connectivity index (χ1v) is 12.2. The Morgan fingerprint density at radius 2 is 2.00 bits per heavy atom. The summed E-state index contributed by atoms with van der Waals surface area (Å²) >= 11 is 0. The maximum Gasteiger partial charge on any atom is 0.265 e. The molecule has 1 saturated heterocycles. The summed E-state index contributed by atoms with van der Waals surface area (Å²) in [6.45, 7) is 3.99. The number of nitrogens with zero attached hydrogens (tertiary/aromatic N) is 1. The second-order valence-electron chi connectivity index (χ2n) is 8.16. The zero-order valence-electron chi connectivity index (χ0n) is 18.1. The highest BCUT2D eigenvalue weighted by molar-refractivity contribution is 7.89. The minimum Gasteiger partial charge on any atom is -0.479 e. The molecule has 2 amide bonds. The van der Waals surface area contributed by atoms with E-state index in [-0.39, 0.29) is 23.3 Å². The zero-order chi connectivity index (χ0) is 22.9. The van der Waals surface area contributed by atoms with Crippen molar-refractivity contribution in [2.45, 2.75) is 50.2 Å². The smallest absolute Gasteiger partial charge is 0.265 e. The van der Waals surface area contributed by atoms with Gasteiger partial charge >= 0.3 is 0 Å². The number of anilines is 1. The molecule has 2 atom stereocenters. The van der Waals surface area contributed by atoms with E-state index in [1.54, 1.807) is 19.9 Å². The first kappa shape index (κ1) is 22.3. The standard InChI is InChI=1S/C23H27N3O5S/c1-15-13-18-20(31-16(2)22(27)25-18)14-21(15)32(29,30)26-12-6-9-19(26)23(28)24-11-10-17-7-4-3-5-8-17/h3-5,7-8,13-14,16,19H,6,9-12H2,1-2H3,(H,24,28)(H,25,27)/t16-,19-/m1/s1. The van der Waals surface area contributed by atoms with Crippen LogP contribution in [-0.2, 0) is 26.0 Å². The van der Waals surface area contributed by atoms with Crippen molar-refractivity contribution in [3.8, 4) is 5.75 Å². The molecule has 9 heteroatoms. The summed E-state index contributed by atoms with van der Waals surface area (Å²) in [5, 5.41) is 5.61. The van der Waals surface area contributed by atoms with Gasteiger partial charge in [-0.25, -0.2) is 8.42 Å². The SMILES string of the molecule is Cc1cc2c(cc1S(=O)(=O)N1CCC[C@@H]1C(=O)NCCc1ccccc1)O[C@H](C)C(=O)N2. The third-order valence-corrected chi connectivity index (χ3v) is 7.91. The average molecular weight is 458 g/mol. The molecule has 2 aliphatic heterocycles.